The third-order valence-corrected chi connectivity index (χ3v) is 4.32. The quantitative estimate of drug-likeness (QED) is 0.373. The SMILES string of the molecule is Cc1nn(Cc2c(F)c(F)c(F)c(F)c2F)c(C)c1NC(=O)c1ccnn1C(F)F. The van der Waals surface area contributed by atoms with Gasteiger partial charge in [0.15, 0.2) is 23.3 Å². The second-order valence-electron chi connectivity index (χ2n) is 6.14. The van der Waals surface area contributed by atoms with Crippen LogP contribution in [0.15, 0.2) is 12.3 Å². The molecule has 0 spiro atoms. The van der Waals surface area contributed by atoms with Crippen LogP contribution < -0.4 is 5.32 Å². The van der Waals surface area contributed by atoms with Gasteiger partial charge in [0.1, 0.15) is 5.69 Å². The van der Waals surface area contributed by atoms with Crippen LogP contribution >= 0.6 is 0 Å². The molecule has 0 aliphatic heterocycles. The third kappa shape index (κ3) is 3.50. The van der Waals surface area contributed by atoms with Crippen molar-refractivity contribution < 1.29 is 35.5 Å². The van der Waals surface area contributed by atoms with Gasteiger partial charge in [-0.15, -0.1) is 0 Å². The number of alkyl halides is 2. The lowest BCUT2D eigenvalue weighted by atomic mass is 10.1. The Hall–Kier alpha value is -3.38. The van der Waals surface area contributed by atoms with Crippen molar-refractivity contribution in [3.05, 3.63) is 64.0 Å². The molecule has 30 heavy (non-hydrogen) atoms. The Bertz CT molecular complexity index is 1110. The van der Waals surface area contributed by atoms with E-state index in [4.69, 9.17) is 0 Å². The van der Waals surface area contributed by atoms with E-state index >= 15 is 0 Å². The highest BCUT2D eigenvalue weighted by atomic mass is 19.3. The van der Waals surface area contributed by atoms with Gasteiger partial charge in [0.25, 0.3) is 5.91 Å². The summed E-state index contributed by atoms with van der Waals surface area (Å²) in [7, 11) is 0. The zero-order valence-corrected chi connectivity index (χ0v) is 15.3. The average molecular weight is 435 g/mol. The lowest BCUT2D eigenvalue weighted by molar-refractivity contribution is 0.0520. The topological polar surface area (TPSA) is 64.7 Å². The smallest absolute Gasteiger partial charge is 0.317 e. The molecule has 2 heterocycles. The molecule has 0 unspecified atom stereocenters. The van der Waals surface area contributed by atoms with Gasteiger partial charge in [0, 0.05) is 6.20 Å². The lowest BCUT2D eigenvalue weighted by Gasteiger charge is -2.10. The summed E-state index contributed by atoms with van der Waals surface area (Å²) >= 11 is 0. The van der Waals surface area contributed by atoms with E-state index in [1.54, 1.807) is 0 Å². The van der Waals surface area contributed by atoms with Gasteiger partial charge in [-0.1, -0.05) is 0 Å². The molecule has 0 saturated heterocycles. The highest BCUT2D eigenvalue weighted by molar-refractivity contribution is 6.03. The van der Waals surface area contributed by atoms with E-state index in [0.29, 0.717) is 0 Å². The Balaban J connectivity index is 1.94. The van der Waals surface area contributed by atoms with E-state index in [2.05, 4.69) is 15.5 Å². The summed E-state index contributed by atoms with van der Waals surface area (Å²) in [6.07, 6.45) is 0.993. The summed E-state index contributed by atoms with van der Waals surface area (Å²) in [5, 5.41) is 9.58. The highest BCUT2D eigenvalue weighted by Gasteiger charge is 2.27. The summed E-state index contributed by atoms with van der Waals surface area (Å²) < 4.78 is 94.7. The van der Waals surface area contributed by atoms with Gasteiger partial charge in [-0.05, 0) is 19.9 Å². The maximum atomic E-state index is 13.9. The van der Waals surface area contributed by atoms with Gasteiger partial charge < -0.3 is 5.32 Å². The number of halogens is 7. The molecule has 0 fully saturated rings. The van der Waals surface area contributed by atoms with Gasteiger partial charge in [0.2, 0.25) is 5.82 Å². The second kappa shape index (κ2) is 7.80. The Labute approximate surface area is 163 Å². The molecule has 6 nitrogen and oxygen atoms in total. The lowest BCUT2D eigenvalue weighted by Crippen LogP contribution is -2.19. The van der Waals surface area contributed by atoms with Crippen LogP contribution in [0.3, 0.4) is 0 Å². The standard InChI is InChI=1S/C17H12F7N5O/c1-6-15(26-16(30)9-3-4-25-29(9)17(23)24)7(2)28(27-6)5-8-10(18)12(20)14(22)13(21)11(8)19/h3-4,17H,5H2,1-2H3,(H,26,30). The van der Waals surface area contributed by atoms with Crippen molar-refractivity contribution in [2.24, 2.45) is 0 Å². The number of hydrogen-bond donors (Lipinski definition) is 1. The van der Waals surface area contributed by atoms with Crippen molar-refractivity contribution in [1.82, 2.24) is 19.6 Å². The van der Waals surface area contributed by atoms with Gasteiger partial charge in [-0.3, -0.25) is 9.48 Å². The van der Waals surface area contributed by atoms with Crippen molar-refractivity contribution in [2.75, 3.05) is 5.32 Å². The third-order valence-electron chi connectivity index (χ3n) is 4.32. The molecular weight excluding hydrogens is 423 g/mol. The van der Waals surface area contributed by atoms with Crippen molar-refractivity contribution in [3.63, 3.8) is 0 Å². The molecule has 3 rings (SSSR count). The normalized spacial score (nSPS) is 11.4. The van der Waals surface area contributed by atoms with Crippen molar-refractivity contribution >= 4 is 11.6 Å². The summed E-state index contributed by atoms with van der Waals surface area (Å²) in [6.45, 7) is -1.16. The van der Waals surface area contributed by atoms with Crippen LogP contribution in [0.5, 0.6) is 0 Å². The molecule has 1 amide bonds. The molecule has 0 radical (unpaired) electrons. The van der Waals surface area contributed by atoms with Crippen LogP contribution in [0.1, 0.15) is 34.0 Å². The maximum Gasteiger partial charge on any atom is 0.333 e. The van der Waals surface area contributed by atoms with E-state index in [0.717, 1.165) is 16.9 Å². The van der Waals surface area contributed by atoms with Gasteiger partial charge in [-0.25, -0.2) is 22.0 Å². The maximum absolute atomic E-state index is 13.9. The number of hydrogen-bond acceptors (Lipinski definition) is 3. The number of rotatable bonds is 5. The number of aromatic nitrogens is 4. The van der Waals surface area contributed by atoms with Gasteiger partial charge in [-0.2, -0.15) is 23.7 Å². The number of nitrogens with one attached hydrogen (secondary N) is 1. The first kappa shape index (κ1) is 21.3. The van der Waals surface area contributed by atoms with E-state index in [9.17, 15) is 35.5 Å². The Morgan fingerprint density at radius 3 is 2.17 bits per heavy atom. The van der Waals surface area contributed by atoms with Crippen molar-refractivity contribution in [2.45, 2.75) is 26.9 Å². The predicted octanol–water partition coefficient (Wildman–Crippen LogP) is 4.09. The zero-order chi connectivity index (χ0) is 22.3. The summed E-state index contributed by atoms with van der Waals surface area (Å²) in [4.78, 5) is 12.3. The van der Waals surface area contributed by atoms with Crippen LogP contribution in [0.25, 0.3) is 0 Å². The van der Waals surface area contributed by atoms with Crippen LogP contribution in [-0.2, 0) is 6.54 Å². The number of carbonyl (C=O) groups excluding carboxylic acids is 1. The number of nitrogens with zero attached hydrogens (tertiary/aromatic N) is 4. The monoisotopic (exact) mass is 435 g/mol. The Morgan fingerprint density at radius 1 is 1.03 bits per heavy atom. The number of amides is 1. The molecule has 0 aliphatic rings. The zero-order valence-electron chi connectivity index (χ0n) is 15.3. The van der Waals surface area contributed by atoms with Crippen molar-refractivity contribution in [1.29, 1.82) is 0 Å². The van der Waals surface area contributed by atoms with Crippen LogP contribution in [-0.4, -0.2) is 25.5 Å². The first-order valence-corrected chi connectivity index (χ1v) is 8.21. The minimum absolute atomic E-state index is 0.0193. The summed E-state index contributed by atoms with van der Waals surface area (Å²) in [5.41, 5.74) is -1.35. The molecule has 1 aromatic carbocycles. The molecule has 0 bridgehead atoms. The van der Waals surface area contributed by atoms with Gasteiger partial charge >= 0.3 is 6.55 Å². The molecule has 160 valence electrons. The molecule has 2 aromatic heterocycles. The highest BCUT2D eigenvalue weighted by Crippen LogP contribution is 2.26. The minimum Gasteiger partial charge on any atom is -0.317 e. The van der Waals surface area contributed by atoms with E-state index in [-0.39, 0.29) is 21.8 Å². The van der Waals surface area contributed by atoms with E-state index in [1.165, 1.54) is 13.8 Å². The average Bonchev–Trinajstić information content (AvgIpc) is 3.29. The van der Waals surface area contributed by atoms with E-state index < -0.39 is 59.3 Å². The molecular formula is C17H12F7N5O. The first-order valence-electron chi connectivity index (χ1n) is 8.21. The first-order chi connectivity index (χ1) is 14.0. The molecule has 0 atom stereocenters. The summed E-state index contributed by atoms with van der Waals surface area (Å²) in [6, 6.07) is 1.05. The molecule has 13 heteroatoms. The Kier molecular flexibility index (Phi) is 5.55. The number of benzene rings is 1. The van der Waals surface area contributed by atoms with Crippen LogP contribution in [0, 0.1) is 42.9 Å². The molecule has 0 aliphatic carbocycles. The Morgan fingerprint density at radius 2 is 1.60 bits per heavy atom. The molecule has 3 aromatic rings. The summed E-state index contributed by atoms with van der Waals surface area (Å²) in [5.74, 6) is -11.5. The second-order valence-corrected chi connectivity index (χ2v) is 6.14. The minimum atomic E-state index is -3.07. The van der Waals surface area contributed by atoms with Crippen LogP contribution in [0.4, 0.5) is 36.4 Å². The van der Waals surface area contributed by atoms with Crippen LogP contribution in [0.2, 0.25) is 0 Å². The van der Waals surface area contributed by atoms with Crippen molar-refractivity contribution in [3.8, 4) is 0 Å². The fraction of sp³-hybridized carbons (Fsp3) is 0.235. The fourth-order valence-corrected chi connectivity index (χ4v) is 2.80. The predicted molar refractivity (Wildman–Crippen MR) is 88.5 cm³/mol. The number of anilines is 1. The van der Waals surface area contributed by atoms with Gasteiger partial charge in [0.05, 0.1) is 29.2 Å². The van der Waals surface area contributed by atoms with E-state index in [1.807, 2.05) is 0 Å². The molecule has 0 saturated carbocycles. The largest absolute Gasteiger partial charge is 0.333 e. The fourth-order valence-electron chi connectivity index (χ4n) is 2.80. The number of aryl methyl sites for hydroxylation is 1. The number of carbonyl (C=O) groups is 1. The molecule has 1 N–H and O–H groups in total.